The summed E-state index contributed by atoms with van der Waals surface area (Å²) in [5, 5.41) is 3.37. The van der Waals surface area contributed by atoms with E-state index in [0.717, 1.165) is 17.0 Å². The molecule has 9 heteroatoms. The third-order valence-corrected chi connectivity index (χ3v) is 4.42. The molecule has 0 unspecified atom stereocenters. The van der Waals surface area contributed by atoms with Gasteiger partial charge in [0, 0.05) is 29.6 Å². The molecule has 0 atom stereocenters. The first-order valence-corrected chi connectivity index (χ1v) is 9.08. The summed E-state index contributed by atoms with van der Waals surface area (Å²) in [4.78, 5) is 21.0. The maximum atomic E-state index is 13.0. The van der Waals surface area contributed by atoms with Crippen molar-refractivity contribution in [3.8, 4) is 11.5 Å². The number of carbonyl (C=O) groups excluding carboxylic acids is 1. The Hall–Kier alpha value is -2.42. The first-order chi connectivity index (χ1) is 12.3. The van der Waals surface area contributed by atoms with Gasteiger partial charge in [0.15, 0.2) is 16.7 Å². The van der Waals surface area contributed by atoms with E-state index in [1.165, 1.54) is 30.0 Å². The Morgan fingerprint density at radius 3 is 2.50 bits per heavy atom. The van der Waals surface area contributed by atoms with Gasteiger partial charge in [0.1, 0.15) is 0 Å². The lowest BCUT2D eigenvalue weighted by atomic mass is 10.1. The van der Waals surface area contributed by atoms with E-state index in [1.807, 2.05) is 20.1 Å². The van der Waals surface area contributed by atoms with Gasteiger partial charge in [-0.05, 0) is 44.2 Å². The fourth-order valence-corrected chi connectivity index (χ4v) is 3.11. The van der Waals surface area contributed by atoms with Gasteiger partial charge >= 0.3 is 6.29 Å². The largest absolute Gasteiger partial charge is 0.586 e. The number of nitrogens with one attached hydrogen (secondary N) is 1. The monoisotopic (exact) mass is 381 g/mol. The smallest absolute Gasteiger partial charge is 0.395 e. The molecule has 0 saturated carbocycles. The summed E-state index contributed by atoms with van der Waals surface area (Å²) in [7, 11) is 0. The molecule has 0 spiro atoms. The first kappa shape index (κ1) is 18.4. The number of benzene rings is 1. The Balaban J connectivity index is 1.62. The molecule has 2 aromatic rings. The molecule has 0 aliphatic carbocycles. The van der Waals surface area contributed by atoms with Crippen LogP contribution in [0.15, 0.2) is 23.4 Å². The van der Waals surface area contributed by atoms with Crippen molar-refractivity contribution in [3.63, 3.8) is 0 Å². The Morgan fingerprint density at radius 2 is 1.85 bits per heavy atom. The van der Waals surface area contributed by atoms with Gasteiger partial charge in [-0.25, -0.2) is 9.97 Å². The number of ether oxygens (including phenoxy) is 2. The average molecular weight is 381 g/mol. The van der Waals surface area contributed by atoms with Gasteiger partial charge in [-0.15, -0.1) is 8.78 Å². The number of thioether (sulfide) groups is 1. The zero-order chi connectivity index (χ0) is 18.9. The minimum absolute atomic E-state index is 0.0646. The summed E-state index contributed by atoms with van der Waals surface area (Å²) in [5.74, 6) is -0.422. The lowest BCUT2D eigenvalue weighted by Crippen LogP contribution is -2.25. The summed E-state index contributed by atoms with van der Waals surface area (Å²) >= 11 is 1.46. The van der Waals surface area contributed by atoms with Crippen LogP contribution in [0.4, 0.5) is 14.5 Å². The lowest BCUT2D eigenvalue weighted by molar-refractivity contribution is -0.286. The van der Waals surface area contributed by atoms with Crippen LogP contribution >= 0.6 is 11.8 Å². The number of alkyl halides is 2. The Kier molecular flexibility index (Phi) is 4.99. The third-order valence-electron chi connectivity index (χ3n) is 3.87. The number of aryl methyl sites for hydroxylation is 2. The molecule has 0 bridgehead atoms. The van der Waals surface area contributed by atoms with Crippen LogP contribution in [-0.4, -0.2) is 28.4 Å². The van der Waals surface area contributed by atoms with Crippen LogP contribution in [-0.2, 0) is 11.2 Å². The third kappa shape index (κ3) is 4.04. The number of anilines is 1. The number of carbonyl (C=O) groups is 1. The van der Waals surface area contributed by atoms with Crippen LogP contribution in [0.3, 0.4) is 0 Å². The van der Waals surface area contributed by atoms with E-state index in [0.29, 0.717) is 17.3 Å². The normalized spacial score (nSPS) is 14.3. The number of halogens is 2. The van der Waals surface area contributed by atoms with Crippen molar-refractivity contribution in [2.75, 3.05) is 11.6 Å². The van der Waals surface area contributed by atoms with Gasteiger partial charge in [0.2, 0.25) is 5.91 Å². The van der Waals surface area contributed by atoms with E-state index in [-0.39, 0.29) is 23.8 Å². The SMILES string of the molecule is CSc1nc(C)c(CCC(=O)Nc2ccc3c(c2)OC(F)(F)O3)c(C)n1. The van der Waals surface area contributed by atoms with E-state index in [1.54, 1.807) is 0 Å². The molecular formula is C17H17F2N3O3S. The molecule has 6 nitrogen and oxygen atoms in total. The van der Waals surface area contributed by atoms with E-state index >= 15 is 0 Å². The van der Waals surface area contributed by atoms with Gasteiger partial charge in [-0.3, -0.25) is 4.79 Å². The Morgan fingerprint density at radius 1 is 1.19 bits per heavy atom. The van der Waals surface area contributed by atoms with Crippen LogP contribution in [0, 0.1) is 13.8 Å². The number of nitrogens with zero attached hydrogens (tertiary/aromatic N) is 2. The average Bonchev–Trinajstić information content (AvgIpc) is 2.86. The highest BCUT2D eigenvalue weighted by Gasteiger charge is 2.43. The van der Waals surface area contributed by atoms with Gasteiger partial charge in [0.05, 0.1) is 0 Å². The van der Waals surface area contributed by atoms with Crippen LogP contribution in [0.25, 0.3) is 0 Å². The number of fused-ring (bicyclic) bond motifs is 1. The van der Waals surface area contributed by atoms with Crippen molar-refractivity contribution in [1.82, 2.24) is 9.97 Å². The predicted octanol–water partition coefficient (Wildman–Crippen LogP) is 3.71. The first-order valence-electron chi connectivity index (χ1n) is 7.85. The van der Waals surface area contributed by atoms with Gasteiger partial charge in [-0.2, -0.15) is 0 Å². The fraction of sp³-hybridized carbons (Fsp3) is 0.353. The Labute approximate surface area is 153 Å². The zero-order valence-electron chi connectivity index (χ0n) is 14.4. The van der Waals surface area contributed by atoms with Crippen LogP contribution < -0.4 is 14.8 Å². The molecular weight excluding hydrogens is 364 g/mol. The molecule has 3 rings (SSSR count). The van der Waals surface area contributed by atoms with E-state index in [2.05, 4.69) is 24.8 Å². The Bertz CT molecular complexity index is 838. The maximum Gasteiger partial charge on any atom is 0.586 e. The zero-order valence-corrected chi connectivity index (χ0v) is 15.2. The molecule has 1 aromatic heterocycles. The summed E-state index contributed by atoms with van der Waals surface area (Å²) in [6.07, 6.45) is -1.07. The van der Waals surface area contributed by atoms with Gasteiger partial charge < -0.3 is 14.8 Å². The van der Waals surface area contributed by atoms with Crippen LogP contribution in [0.1, 0.15) is 23.4 Å². The van der Waals surface area contributed by atoms with Crippen LogP contribution in [0.2, 0.25) is 0 Å². The number of hydrogen-bond acceptors (Lipinski definition) is 6. The number of rotatable bonds is 5. The topological polar surface area (TPSA) is 73.3 Å². The predicted molar refractivity (Wildman–Crippen MR) is 92.9 cm³/mol. The van der Waals surface area contributed by atoms with Crippen molar-refractivity contribution >= 4 is 23.4 Å². The highest BCUT2D eigenvalue weighted by molar-refractivity contribution is 7.98. The molecule has 138 valence electrons. The summed E-state index contributed by atoms with van der Waals surface area (Å²) in [6.45, 7) is 3.78. The second-order valence-corrected chi connectivity index (χ2v) is 6.51. The highest BCUT2D eigenvalue weighted by Crippen LogP contribution is 2.42. The molecule has 1 N–H and O–H groups in total. The fourth-order valence-electron chi connectivity index (χ4n) is 2.65. The van der Waals surface area contributed by atoms with Gasteiger partial charge in [0.25, 0.3) is 0 Å². The lowest BCUT2D eigenvalue weighted by Gasteiger charge is -2.10. The number of aromatic nitrogens is 2. The molecule has 26 heavy (non-hydrogen) atoms. The van der Waals surface area contributed by atoms with Gasteiger partial charge in [-0.1, -0.05) is 11.8 Å². The molecule has 1 aromatic carbocycles. The van der Waals surface area contributed by atoms with Crippen LogP contribution in [0.5, 0.6) is 11.5 Å². The van der Waals surface area contributed by atoms with Crippen molar-refractivity contribution in [1.29, 1.82) is 0 Å². The molecule has 0 radical (unpaired) electrons. The number of hydrogen-bond donors (Lipinski definition) is 1. The second-order valence-electron chi connectivity index (χ2n) is 5.74. The summed E-state index contributed by atoms with van der Waals surface area (Å²) in [5.41, 5.74) is 2.99. The molecule has 1 aliphatic rings. The second kappa shape index (κ2) is 7.06. The van der Waals surface area contributed by atoms with Crippen molar-refractivity contribution in [2.24, 2.45) is 0 Å². The minimum atomic E-state index is -3.68. The highest BCUT2D eigenvalue weighted by atomic mass is 32.2. The number of amides is 1. The van der Waals surface area contributed by atoms with Crippen molar-refractivity contribution < 1.29 is 23.0 Å². The quantitative estimate of drug-likeness (QED) is 0.629. The molecule has 0 saturated heterocycles. The molecule has 2 heterocycles. The van der Waals surface area contributed by atoms with Crippen molar-refractivity contribution in [2.45, 2.75) is 38.1 Å². The molecule has 1 aliphatic heterocycles. The minimum Gasteiger partial charge on any atom is -0.395 e. The van der Waals surface area contributed by atoms with E-state index in [9.17, 15) is 13.6 Å². The van der Waals surface area contributed by atoms with E-state index < -0.39 is 6.29 Å². The summed E-state index contributed by atoms with van der Waals surface area (Å²) in [6, 6.07) is 4.12. The standard InChI is InChI=1S/C17H17F2N3O3S/c1-9-12(10(2)21-16(20-9)26-3)5-7-15(23)22-11-4-6-13-14(8-11)25-17(18,19)24-13/h4,6,8H,5,7H2,1-3H3,(H,22,23). The summed E-state index contributed by atoms with van der Waals surface area (Å²) < 4.78 is 34.7. The van der Waals surface area contributed by atoms with E-state index in [4.69, 9.17) is 0 Å². The van der Waals surface area contributed by atoms with Crippen molar-refractivity contribution in [3.05, 3.63) is 35.2 Å². The molecule has 1 amide bonds. The maximum absolute atomic E-state index is 13.0. The molecule has 0 fully saturated rings.